The summed E-state index contributed by atoms with van der Waals surface area (Å²) in [5.41, 5.74) is 5.98. The van der Waals surface area contributed by atoms with Gasteiger partial charge in [-0.15, -0.1) is 0 Å². The Bertz CT molecular complexity index is 853. The number of nitrogens with zero attached hydrogens (tertiary/aromatic N) is 3. The van der Waals surface area contributed by atoms with Crippen molar-refractivity contribution in [2.24, 2.45) is 0 Å². The second-order valence-corrected chi connectivity index (χ2v) is 7.60. The van der Waals surface area contributed by atoms with Gasteiger partial charge in [-0.25, -0.2) is 4.98 Å². The molecule has 1 aromatic carbocycles. The fourth-order valence-electron chi connectivity index (χ4n) is 3.74. The highest BCUT2D eigenvalue weighted by atomic mass is 19.4. The number of nitrogens with two attached hydrogens (primary N) is 1. The van der Waals surface area contributed by atoms with Crippen LogP contribution in [-0.4, -0.2) is 35.6 Å². The van der Waals surface area contributed by atoms with Crippen LogP contribution in [0.15, 0.2) is 24.3 Å². The van der Waals surface area contributed by atoms with E-state index in [1.165, 1.54) is 6.07 Å². The monoisotopic (exact) mass is 422 g/mol. The van der Waals surface area contributed by atoms with E-state index in [4.69, 9.17) is 5.73 Å². The van der Waals surface area contributed by atoms with Crippen LogP contribution in [0.5, 0.6) is 0 Å². The van der Waals surface area contributed by atoms with Crippen molar-refractivity contribution in [1.82, 2.24) is 15.3 Å². The zero-order valence-electron chi connectivity index (χ0n) is 17.4. The topological polar surface area (TPSA) is 79.1 Å². The van der Waals surface area contributed by atoms with Crippen molar-refractivity contribution >= 4 is 23.1 Å². The number of aryl methyl sites for hydroxylation is 1. The zero-order chi connectivity index (χ0) is 21.7. The Hall–Kier alpha value is -2.55. The van der Waals surface area contributed by atoms with Crippen molar-refractivity contribution in [1.29, 1.82) is 0 Å². The van der Waals surface area contributed by atoms with Gasteiger partial charge in [-0.1, -0.05) is 20.3 Å². The summed E-state index contributed by atoms with van der Waals surface area (Å²) in [6, 6.07) is 5.76. The molecule has 1 atom stereocenters. The fourth-order valence-corrected chi connectivity index (χ4v) is 3.74. The van der Waals surface area contributed by atoms with Crippen LogP contribution >= 0.6 is 0 Å². The molecular formula is C21H29F3N6. The van der Waals surface area contributed by atoms with Gasteiger partial charge in [-0.05, 0) is 44.0 Å². The van der Waals surface area contributed by atoms with Crippen molar-refractivity contribution < 1.29 is 13.2 Å². The predicted molar refractivity (Wildman–Crippen MR) is 114 cm³/mol. The van der Waals surface area contributed by atoms with E-state index in [9.17, 15) is 13.2 Å². The van der Waals surface area contributed by atoms with E-state index >= 15 is 0 Å². The molecule has 0 aliphatic carbocycles. The third-order valence-corrected chi connectivity index (χ3v) is 5.05. The molecule has 1 aromatic heterocycles. The molecule has 0 amide bonds. The number of benzene rings is 1. The number of anilines is 4. The number of aromatic nitrogens is 2. The molecule has 4 N–H and O–H groups in total. The number of alkyl halides is 3. The number of nitrogens with one attached hydrogen (secondary N) is 2. The molecule has 0 saturated carbocycles. The quantitative estimate of drug-likeness (QED) is 0.576. The molecule has 1 saturated heterocycles. The van der Waals surface area contributed by atoms with E-state index in [2.05, 4.69) is 39.3 Å². The Kier molecular flexibility index (Phi) is 7.02. The molecule has 6 nitrogen and oxygen atoms in total. The van der Waals surface area contributed by atoms with E-state index in [1.807, 2.05) is 6.07 Å². The smallest absolute Gasteiger partial charge is 0.399 e. The minimum atomic E-state index is -4.48. The van der Waals surface area contributed by atoms with Crippen LogP contribution in [0.4, 0.5) is 36.3 Å². The van der Waals surface area contributed by atoms with Gasteiger partial charge in [0.15, 0.2) is 0 Å². The summed E-state index contributed by atoms with van der Waals surface area (Å²) in [5, 5.41) is 6.41. The van der Waals surface area contributed by atoms with Crippen LogP contribution < -0.4 is 21.3 Å². The molecule has 2 aromatic rings. The van der Waals surface area contributed by atoms with Gasteiger partial charge < -0.3 is 21.3 Å². The highest BCUT2D eigenvalue weighted by molar-refractivity contribution is 5.63. The standard InChI is InChI=1S/C21H29F3N6/c1-3-6-16-12-19(30-8-5-7-17(13-30)26-4-2)29-20(27-16)28-18-10-14(21(22,23)24)9-15(25)11-18/h9-12,17,26H,3-8,13,25H2,1-2H3,(H,27,28,29). The molecule has 3 rings (SSSR count). The van der Waals surface area contributed by atoms with Crippen molar-refractivity contribution in [2.75, 3.05) is 35.6 Å². The van der Waals surface area contributed by atoms with Gasteiger partial charge in [0.05, 0.1) is 5.56 Å². The first-order chi connectivity index (χ1) is 14.3. The number of nitrogen functional groups attached to an aromatic ring is 1. The Morgan fingerprint density at radius 2 is 1.97 bits per heavy atom. The Balaban J connectivity index is 1.89. The first-order valence-corrected chi connectivity index (χ1v) is 10.4. The molecule has 0 bridgehead atoms. The van der Waals surface area contributed by atoms with E-state index in [0.717, 1.165) is 69.0 Å². The Morgan fingerprint density at radius 1 is 1.17 bits per heavy atom. The first kappa shape index (κ1) is 22.1. The van der Waals surface area contributed by atoms with Gasteiger partial charge in [0.1, 0.15) is 5.82 Å². The summed E-state index contributed by atoms with van der Waals surface area (Å²) in [6.45, 7) is 6.79. The third-order valence-electron chi connectivity index (χ3n) is 5.05. The van der Waals surface area contributed by atoms with E-state index in [0.29, 0.717) is 6.04 Å². The maximum atomic E-state index is 13.1. The van der Waals surface area contributed by atoms with E-state index in [-0.39, 0.29) is 17.3 Å². The molecule has 2 heterocycles. The van der Waals surface area contributed by atoms with Gasteiger partial charge in [0.25, 0.3) is 0 Å². The van der Waals surface area contributed by atoms with Gasteiger partial charge in [-0.2, -0.15) is 18.2 Å². The maximum Gasteiger partial charge on any atom is 0.416 e. The molecular weight excluding hydrogens is 393 g/mol. The van der Waals surface area contributed by atoms with Crippen molar-refractivity contribution in [2.45, 2.75) is 51.7 Å². The second-order valence-electron chi connectivity index (χ2n) is 7.60. The Labute approximate surface area is 175 Å². The van der Waals surface area contributed by atoms with E-state index < -0.39 is 11.7 Å². The van der Waals surface area contributed by atoms with Gasteiger partial charge in [-0.3, -0.25) is 0 Å². The predicted octanol–water partition coefficient (Wildman–Crippen LogP) is 4.35. The van der Waals surface area contributed by atoms with Crippen molar-refractivity contribution in [3.05, 3.63) is 35.5 Å². The van der Waals surface area contributed by atoms with Gasteiger partial charge in [0.2, 0.25) is 5.95 Å². The summed E-state index contributed by atoms with van der Waals surface area (Å²) in [4.78, 5) is 11.3. The molecule has 1 fully saturated rings. The normalized spacial score (nSPS) is 17.2. The van der Waals surface area contributed by atoms with E-state index in [1.54, 1.807) is 0 Å². The summed E-state index contributed by atoms with van der Waals surface area (Å²) >= 11 is 0. The van der Waals surface area contributed by atoms with Crippen LogP contribution in [0.2, 0.25) is 0 Å². The number of piperidine rings is 1. The lowest BCUT2D eigenvalue weighted by molar-refractivity contribution is -0.137. The summed E-state index contributed by atoms with van der Waals surface area (Å²) in [6.07, 6.45) is -0.633. The molecule has 9 heteroatoms. The highest BCUT2D eigenvalue weighted by Gasteiger charge is 2.31. The maximum absolute atomic E-state index is 13.1. The molecule has 0 radical (unpaired) electrons. The lowest BCUT2D eigenvalue weighted by atomic mass is 10.1. The zero-order valence-corrected chi connectivity index (χ0v) is 17.4. The second kappa shape index (κ2) is 9.51. The minimum absolute atomic E-state index is 0.0294. The van der Waals surface area contributed by atoms with Crippen LogP contribution in [-0.2, 0) is 12.6 Å². The SMILES string of the molecule is CCCc1cc(N2CCCC(NCC)C2)nc(Nc2cc(N)cc(C(F)(F)F)c2)n1. The molecule has 164 valence electrons. The average molecular weight is 422 g/mol. The average Bonchev–Trinajstić information content (AvgIpc) is 2.67. The minimum Gasteiger partial charge on any atom is -0.399 e. The molecule has 1 unspecified atom stereocenters. The van der Waals surface area contributed by atoms with Crippen LogP contribution in [0.25, 0.3) is 0 Å². The number of rotatable bonds is 7. The summed E-state index contributed by atoms with van der Waals surface area (Å²) in [5.74, 6) is 1.07. The van der Waals surface area contributed by atoms with Gasteiger partial charge >= 0.3 is 6.18 Å². The fraction of sp³-hybridized carbons (Fsp3) is 0.524. The number of hydrogen-bond acceptors (Lipinski definition) is 6. The Morgan fingerprint density at radius 3 is 2.67 bits per heavy atom. The molecule has 1 aliphatic heterocycles. The highest BCUT2D eigenvalue weighted by Crippen LogP contribution is 2.33. The first-order valence-electron chi connectivity index (χ1n) is 10.4. The number of likely N-dealkylation sites (N-methyl/N-ethyl adjacent to an activating group) is 1. The lowest BCUT2D eigenvalue weighted by Crippen LogP contribution is -2.46. The van der Waals surface area contributed by atoms with Crippen LogP contribution in [0, 0.1) is 0 Å². The van der Waals surface area contributed by atoms with Crippen molar-refractivity contribution in [3.63, 3.8) is 0 Å². The molecule has 1 aliphatic rings. The lowest BCUT2D eigenvalue weighted by Gasteiger charge is -2.34. The third kappa shape index (κ3) is 5.75. The largest absolute Gasteiger partial charge is 0.416 e. The van der Waals surface area contributed by atoms with Crippen molar-refractivity contribution in [3.8, 4) is 0 Å². The molecule has 0 spiro atoms. The van der Waals surface area contributed by atoms with Crippen LogP contribution in [0.3, 0.4) is 0 Å². The summed E-state index contributed by atoms with van der Waals surface area (Å²) < 4.78 is 39.4. The number of halogens is 3. The number of hydrogen-bond donors (Lipinski definition) is 3. The van der Waals surface area contributed by atoms with Crippen LogP contribution in [0.1, 0.15) is 44.4 Å². The summed E-state index contributed by atoms with van der Waals surface area (Å²) in [7, 11) is 0. The molecule has 30 heavy (non-hydrogen) atoms. The van der Waals surface area contributed by atoms with Gasteiger partial charge in [0, 0.05) is 42.3 Å².